The van der Waals surface area contributed by atoms with Gasteiger partial charge >= 0.3 is 0 Å². The predicted octanol–water partition coefficient (Wildman–Crippen LogP) is 3.80. The third-order valence-corrected chi connectivity index (χ3v) is 3.31. The number of aryl methyl sites for hydroxylation is 2. The molecule has 0 saturated heterocycles. The average Bonchev–Trinajstić information content (AvgIpc) is 2.32. The van der Waals surface area contributed by atoms with Gasteiger partial charge in [0.1, 0.15) is 24.2 Å². The quantitative estimate of drug-likeness (QED) is 0.804. The molecule has 0 amide bonds. The summed E-state index contributed by atoms with van der Waals surface area (Å²) >= 11 is 0. The molecule has 0 fully saturated rings. The summed E-state index contributed by atoms with van der Waals surface area (Å²) in [5.74, 6) is 1.65. The number of ether oxygens (including phenoxy) is 2. The van der Waals surface area contributed by atoms with E-state index in [2.05, 4.69) is 0 Å². The lowest BCUT2D eigenvalue weighted by atomic mass is 10.0. The fourth-order valence-electron chi connectivity index (χ4n) is 1.74. The van der Waals surface area contributed by atoms with Gasteiger partial charge in [-0.1, -0.05) is 12.2 Å². The Kier molecular flexibility index (Phi) is 5.63. The van der Waals surface area contributed by atoms with E-state index in [0.29, 0.717) is 6.61 Å². The molecule has 0 aliphatic carbocycles. The lowest BCUT2D eigenvalue weighted by Gasteiger charge is -2.28. The third-order valence-electron chi connectivity index (χ3n) is 3.31. The van der Waals surface area contributed by atoms with Crippen molar-refractivity contribution in [2.24, 2.45) is 0 Å². The zero-order valence-corrected chi connectivity index (χ0v) is 13.4. The van der Waals surface area contributed by atoms with E-state index in [9.17, 15) is 5.11 Å². The van der Waals surface area contributed by atoms with Crippen molar-refractivity contribution in [2.45, 2.75) is 53.2 Å². The molecule has 0 radical (unpaired) electrons. The first kappa shape index (κ1) is 16.6. The highest BCUT2D eigenvalue weighted by atomic mass is 16.5. The van der Waals surface area contributed by atoms with E-state index in [0.717, 1.165) is 22.6 Å². The molecule has 3 nitrogen and oxygen atoms in total. The van der Waals surface area contributed by atoms with Gasteiger partial charge in [-0.25, -0.2) is 0 Å². The van der Waals surface area contributed by atoms with Gasteiger partial charge in [0.05, 0.1) is 5.60 Å². The smallest absolute Gasteiger partial charge is 0.125 e. The second-order valence-corrected chi connectivity index (χ2v) is 5.68. The Morgan fingerprint density at radius 2 is 1.80 bits per heavy atom. The molecule has 0 bridgehead atoms. The van der Waals surface area contributed by atoms with Crippen molar-refractivity contribution in [3.8, 4) is 11.5 Å². The van der Waals surface area contributed by atoms with Gasteiger partial charge in [-0.2, -0.15) is 0 Å². The molecule has 0 spiro atoms. The molecular formula is C17H26O3. The van der Waals surface area contributed by atoms with Crippen LogP contribution in [-0.2, 0) is 0 Å². The molecule has 0 aliphatic heterocycles. The summed E-state index contributed by atoms with van der Waals surface area (Å²) in [5.41, 5.74) is 1.15. The van der Waals surface area contributed by atoms with Crippen LogP contribution in [-0.4, -0.2) is 23.4 Å². The van der Waals surface area contributed by atoms with Crippen LogP contribution in [0.1, 0.15) is 38.8 Å². The summed E-state index contributed by atoms with van der Waals surface area (Å²) in [6, 6.07) is 3.92. The Morgan fingerprint density at radius 3 is 2.25 bits per heavy atom. The van der Waals surface area contributed by atoms with Crippen molar-refractivity contribution >= 4 is 0 Å². The standard InChI is InChI=1S/C17H26O3/c1-7-8-9-19-15-10-12(2)16(13(3)11-15)20-14(4)17(5,6)18/h7-8,10-11,14,18H,9H2,1-6H3/b8-7+. The van der Waals surface area contributed by atoms with E-state index in [1.807, 2.05) is 52.0 Å². The average molecular weight is 278 g/mol. The summed E-state index contributed by atoms with van der Waals surface area (Å²) in [6.07, 6.45) is 3.64. The largest absolute Gasteiger partial charge is 0.490 e. The van der Waals surface area contributed by atoms with E-state index in [1.165, 1.54) is 0 Å². The molecule has 1 aromatic rings. The first-order valence-corrected chi connectivity index (χ1v) is 7.00. The highest BCUT2D eigenvalue weighted by molar-refractivity contribution is 5.46. The highest BCUT2D eigenvalue weighted by Gasteiger charge is 2.25. The Labute approximate surface area is 122 Å². The second kappa shape index (κ2) is 6.80. The van der Waals surface area contributed by atoms with Crippen molar-refractivity contribution in [1.29, 1.82) is 0 Å². The molecule has 112 valence electrons. The predicted molar refractivity (Wildman–Crippen MR) is 82.6 cm³/mol. The van der Waals surface area contributed by atoms with Crippen LogP contribution in [0.5, 0.6) is 11.5 Å². The van der Waals surface area contributed by atoms with Crippen LogP contribution in [0.15, 0.2) is 24.3 Å². The van der Waals surface area contributed by atoms with Gasteiger partial charge in [-0.05, 0) is 64.8 Å². The van der Waals surface area contributed by atoms with Crippen molar-refractivity contribution in [2.75, 3.05) is 6.61 Å². The van der Waals surface area contributed by atoms with Gasteiger partial charge in [0.2, 0.25) is 0 Å². The molecule has 0 saturated carbocycles. The molecule has 0 aromatic heterocycles. The van der Waals surface area contributed by atoms with Crippen molar-refractivity contribution in [3.63, 3.8) is 0 Å². The Hall–Kier alpha value is -1.48. The molecule has 3 heteroatoms. The summed E-state index contributed by atoms with van der Waals surface area (Å²) < 4.78 is 11.5. The van der Waals surface area contributed by atoms with Crippen LogP contribution in [0.4, 0.5) is 0 Å². The molecule has 1 unspecified atom stereocenters. The number of hydrogen-bond donors (Lipinski definition) is 1. The van der Waals surface area contributed by atoms with Gasteiger partial charge in [-0.3, -0.25) is 0 Å². The van der Waals surface area contributed by atoms with Crippen molar-refractivity contribution in [3.05, 3.63) is 35.4 Å². The maximum Gasteiger partial charge on any atom is 0.125 e. The van der Waals surface area contributed by atoms with E-state index < -0.39 is 5.60 Å². The molecule has 1 atom stereocenters. The fourth-order valence-corrected chi connectivity index (χ4v) is 1.74. The van der Waals surface area contributed by atoms with Gasteiger partial charge in [-0.15, -0.1) is 0 Å². The van der Waals surface area contributed by atoms with Crippen LogP contribution in [0.3, 0.4) is 0 Å². The molecule has 0 aliphatic rings. The van der Waals surface area contributed by atoms with Crippen molar-refractivity contribution in [1.82, 2.24) is 0 Å². The monoisotopic (exact) mass is 278 g/mol. The lowest BCUT2D eigenvalue weighted by molar-refractivity contribution is -0.0246. The number of aliphatic hydroxyl groups is 1. The number of hydrogen-bond acceptors (Lipinski definition) is 3. The number of allylic oxidation sites excluding steroid dienone is 1. The summed E-state index contributed by atoms with van der Waals surface area (Å²) in [7, 11) is 0. The van der Waals surface area contributed by atoms with E-state index in [1.54, 1.807) is 13.8 Å². The first-order chi connectivity index (χ1) is 9.25. The normalized spacial score (nSPS) is 13.6. The van der Waals surface area contributed by atoms with Gasteiger partial charge in [0.15, 0.2) is 0 Å². The Morgan fingerprint density at radius 1 is 1.25 bits per heavy atom. The van der Waals surface area contributed by atoms with Gasteiger partial charge < -0.3 is 14.6 Å². The zero-order chi connectivity index (χ0) is 15.3. The highest BCUT2D eigenvalue weighted by Crippen LogP contribution is 2.30. The molecular weight excluding hydrogens is 252 g/mol. The van der Waals surface area contributed by atoms with Crippen molar-refractivity contribution < 1.29 is 14.6 Å². The zero-order valence-electron chi connectivity index (χ0n) is 13.4. The lowest BCUT2D eigenvalue weighted by Crippen LogP contribution is -2.38. The van der Waals surface area contributed by atoms with E-state index in [-0.39, 0.29) is 6.10 Å². The van der Waals surface area contributed by atoms with Crippen LogP contribution in [0.25, 0.3) is 0 Å². The van der Waals surface area contributed by atoms with Crippen LogP contribution in [0.2, 0.25) is 0 Å². The van der Waals surface area contributed by atoms with Crippen LogP contribution < -0.4 is 9.47 Å². The summed E-state index contributed by atoms with van der Waals surface area (Å²) in [5, 5.41) is 9.97. The second-order valence-electron chi connectivity index (χ2n) is 5.68. The minimum Gasteiger partial charge on any atom is -0.490 e. The number of rotatable bonds is 6. The van der Waals surface area contributed by atoms with Gasteiger partial charge in [0.25, 0.3) is 0 Å². The summed E-state index contributed by atoms with van der Waals surface area (Å²) in [4.78, 5) is 0. The maximum absolute atomic E-state index is 9.97. The molecule has 0 heterocycles. The van der Waals surface area contributed by atoms with Gasteiger partial charge in [0, 0.05) is 0 Å². The summed E-state index contributed by atoms with van der Waals surface area (Å²) in [6.45, 7) is 11.9. The molecule has 1 aromatic carbocycles. The fraction of sp³-hybridized carbons (Fsp3) is 0.529. The third kappa shape index (κ3) is 4.57. The van der Waals surface area contributed by atoms with E-state index >= 15 is 0 Å². The van der Waals surface area contributed by atoms with Crippen LogP contribution >= 0.6 is 0 Å². The Bertz CT molecular complexity index is 447. The maximum atomic E-state index is 9.97. The minimum atomic E-state index is -0.875. The van der Waals surface area contributed by atoms with E-state index in [4.69, 9.17) is 9.47 Å². The number of benzene rings is 1. The van der Waals surface area contributed by atoms with Crippen LogP contribution in [0, 0.1) is 13.8 Å². The molecule has 1 N–H and O–H groups in total. The topological polar surface area (TPSA) is 38.7 Å². The minimum absolute atomic E-state index is 0.283. The Balaban J connectivity index is 2.89. The first-order valence-electron chi connectivity index (χ1n) is 7.00. The molecule has 20 heavy (non-hydrogen) atoms. The molecule has 1 rings (SSSR count). The SMILES string of the molecule is C/C=C/COc1cc(C)c(OC(C)C(C)(C)O)c(C)c1.